The van der Waals surface area contributed by atoms with Crippen molar-refractivity contribution in [3.63, 3.8) is 0 Å². The Labute approximate surface area is 233 Å². The first-order valence-corrected chi connectivity index (χ1v) is 13.4. The van der Waals surface area contributed by atoms with Crippen molar-refractivity contribution in [2.75, 3.05) is 38.5 Å². The van der Waals surface area contributed by atoms with Gasteiger partial charge in [0.15, 0.2) is 0 Å². The molecule has 39 heavy (non-hydrogen) atoms. The van der Waals surface area contributed by atoms with Gasteiger partial charge in [-0.3, -0.25) is 14.4 Å². The largest absolute Gasteiger partial charge is 0.358 e. The van der Waals surface area contributed by atoms with Crippen LogP contribution in [-0.2, 0) is 4.79 Å². The normalized spacial score (nSPS) is 17.2. The number of halogens is 1. The summed E-state index contributed by atoms with van der Waals surface area (Å²) >= 11 is 5.98. The molecule has 1 saturated heterocycles. The second-order valence-electron chi connectivity index (χ2n) is 10.3. The van der Waals surface area contributed by atoms with Gasteiger partial charge in [0.1, 0.15) is 0 Å². The summed E-state index contributed by atoms with van der Waals surface area (Å²) in [5.74, 6) is -0.495. The van der Waals surface area contributed by atoms with Crippen LogP contribution in [0, 0.1) is 13.8 Å². The molecule has 0 bridgehead atoms. The highest BCUT2D eigenvalue weighted by Gasteiger charge is 2.28. The van der Waals surface area contributed by atoms with Gasteiger partial charge in [-0.15, -0.1) is 0 Å². The molecule has 0 aliphatic carbocycles. The lowest BCUT2D eigenvalue weighted by Crippen LogP contribution is -2.47. The number of H-pyrrole nitrogens is 1. The van der Waals surface area contributed by atoms with E-state index >= 15 is 0 Å². The molecule has 0 unspecified atom stereocenters. The highest BCUT2D eigenvalue weighted by Crippen LogP contribution is 2.35. The molecule has 8 nitrogen and oxygen atoms in total. The minimum atomic E-state index is -0.254. The molecule has 3 heterocycles. The van der Waals surface area contributed by atoms with E-state index < -0.39 is 0 Å². The maximum atomic E-state index is 13.3. The second kappa shape index (κ2) is 10.7. The number of nitrogens with one attached hydrogen (secondary N) is 3. The molecule has 3 amide bonds. The molecule has 1 aromatic heterocycles. The second-order valence-corrected chi connectivity index (χ2v) is 10.7. The van der Waals surface area contributed by atoms with Gasteiger partial charge in [0, 0.05) is 59.4 Å². The minimum absolute atomic E-state index is 0.00374. The van der Waals surface area contributed by atoms with E-state index in [4.69, 9.17) is 11.6 Å². The van der Waals surface area contributed by atoms with Gasteiger partial charge < -0.3 is 25.4 Å². The summed E-state index contributed by atoms with van der Waals surface area (Å²) in [5, 5.41) is 6.52. The van der Waals surface area contributed by atoms with E-state index in [-0.39, 0.29) is 23.8 Å². The van der Waals surface area contributed by atoms with E-state index in [0.29, 0.717) is 51.8 Å². The topological polar surface area (TPSA) is 97.5 Å². The van der Waals surface area contributed by atoms with E-state index in [0.717, 1.165) is 29.9 Å². The zero-order valence-corrected chi connectivity index (χ0v) is 23.3. The van der Waals surface area contributed by atoms with Crippen LogP contribution in [0.5, 0.6) is 0 Å². The van der Waals surface area contributed by atoms with Gasteiger partial charge >= 0.3 is 0 Å². The van der Waals surface area contributed by atoms with Gasteiger partial charge in [-0.1, -0.05) is 23.7 Å². The molecule has 1 fully saturated rings. The summed E-state index contributed by atoms with van der Waals surface area (Å²) in [7, 11) is 2.05. The number of carbonyl (C=O) groups is 3. The number of benzene rings is 2. The third kappa shape index (κ3) is 5.35. The highest BCUT2D eigenvalue weighted by atomic mass is 35.5. The maximum Gasteiger partial charge on any atom is 0.256 e. The van der Waals surface area contributed by atoms with Gasteiger partial charge in [-0.2, -0.15) is 0 Å². The molecule has 9 heteroatoms. The van der Waals surface area contributed by atoms with Gasteiger partial charge in [-0.05, 0) is 75.4 Å². The number of piperazine rings is 1. The molecular formula is C30H32ClN5O3. The number of likely N-dealkylation sites (N-methyl/N-ethyl adjacent to an activating group) is 1. The standard InChI is InChI=1S/C30H32ClN5O3/c1-17-26(32-19(3)27(17)30(39)36-13-11-35(4)12-14-36)16-24-23-15-21(7-10-25(23)34-29(24)38)28(37)33-18(2)20-5-8-22(31)9-6-20/h5-10,15-16,18,32H,11-14H2,1-4H3,(H,33,37)(H,34,38)/b24-16-/t18-/m1/s1. The number of anilines is 1. The van der Waals surface area contributed by atoms with Crippen LogP contribution in [0.1, 0.15) is 61.8 Å². The Kier molecular flexibility index (Phi) is 7.34. The van der Waals surface area contributed by atoms with Crippen molar-refractivity contribution >= 4 is 46.7 Å². The molecule has 2 aliphatic rings. The number of fused-ring (bicyclic) bond motifs is 1. The number of carbonyl (C=O) groups excluding carboxylic acids is 3. The molecule has 0 saturated carbocycles. The molecule has 0 radical (unpaired) electrons. The first-order valence-electron chi connectivity index (χ1n) is 13.0. The Hall–Kier alpha value is -3.88. The van der Waals surface area contributed by atoms with E-state index in [1.165, 1.54) is 0 Å². The van der Waals surface area contributed by atoms with Crippen LogP contribution >= 0.6 is 11.6 Å². The average Bonchev–Trinajstić information content (AvgIpc) is 3.38. The number of hydrogen-bond donors (Lipinski definition) is 3. The Morgan fingerprint density at radius 3 is 2.44 bits per heavy atom. The monoisotopic (exact) mass is 545 g/mol. The average molecular weight is 546 g/mol. The third-order valence-corrected chi connectivity index (χ3v) is 7.80. The summed E-state index contributed by atoms with van der Waals surface area (Å²) in [4.78, 5) is 46.7. The van der Waals surface area contributed by atoms with Crippen molar-refractivity contribution in [2.24, 2.45) is 0 Å². The van der Waals surface area contributed by atoms with Crippen LogP contribution in [0.3, 0.4) is 0 Å². The molecule has 202 valence electrons. The van der Waals surface area contributed by atoms with Crippen LogP contribution in [-0.4, -0.2) is 65.7 Å². The van der Waals surface area contributed by atoms with Crippen molar-refractivity contribution < 1.29 is 14.4 Å². The van der Waals surface area contributed by atoms with Crippen LogP contribution in [0.4, 0.5) is 5.69 Å². The summed E-state index contributed by atoms with van der Waals surface area (Å²) < 4.78 is 0. The van der Waals surface area contributed by atoms with Crippen molar-refractivity contribution in [2.45, 2.75) is 26.8 Å². The van der Waals surface area contributed by atoms with Gasteiger partial charge in [-0.25, -0.2) is 0 Å². The van der Waals surface area contributed by atoms with Gasteiger partial charge in [0.05, 0.1) is 17.2 Å². The zero-order chi connectivity index (χ0) is 27.8. The molecule has 2 aliphatic heterocycles. The highest BCUT2D eigenvalue weighted by molar-refractivity contribution is 6.35. The summed E-state index contributed by atoms with van der Waals surface area (Å²) in [6.07, 6.45) is 1.77. The smallest absolute Gasteiger partial charge is 0.256 e. The lowest BCUT2D eigenvalue weighted by Gasteiger charge is -2.32. The van der Waals surface area contributed by atoms with E-state index in [1.54, 1.807) is 36.4 Å². The van der Waals surface area contributed by atoms with Crippen LogP contribution in [0.15, 0.2) is 42.5 Å². The number of hydrogen-bond acceptors (Lipinski definition) is 4. The number of aryl methyl sites for hydroxylation is 1. The summed E-state index contributed by atoms with van der Waals surface area (Å²) in [6.45, 7) is 8.75. The van der Waals surface area contributed by atoms with Gasteiger partial charge in [0.25, 0.3) is 17.7 Å². The fourth-order valence-electron chi connectivity index (χ4n) is 5.14. The zero-order valence-electron chi connectivity index (χ0n) is 22.5. The fourth-order valence-corrected chi connectivity index (χ4v) is 5.26. The quantitative estimate of drug-likeness (QED) is 0.406. The maximum absolute atomic E-state index is 13.3. The summed E-state index contributed by atoms with van der Waals surface area (Å²) in [6, 6.07) is 12.3. The van der Waals surface area contributed by atoms with Crippen LogP contribution < -0.4 is 10.6 Å². The first kappa shape index (κ1) is 26.7. The molecule has 3 aromatic rings. The van der Waals surface area contributed by atoms with Crippen molar-refractivity contribution in [1.82, 2.24) is 20.1 Å². The van der Waals surface area contributed by atoms with Crippen molar-refractivity contribution in [3.8, 4) is 0 Å². The Balaban J connectivity index is 1.40. The molecule has 2 aromatic carbocycles. The molecular weight excluding hydrogens is 514 g/mol. The first-order chi connectivity index (χ1) is 18.6. The van der Waals surface area contributed by atoms with Gasteiger partial charge in [0.2, 0.25) is 0 Å². The number of rotatable bonds is 5. The Morgan fingerprint density at radius 1 is 1.05 bits per heavy atom. The van der Waals surface area contributed by atoms with Crippen LogP contribution in [0.25, 0.3) is 11.6 Å². The molecule has 3 N–H and O–H groups in total. The third-order valence-electron chi connectivity index (χ3n) is 7.55. The van der Waals surface area contributed by atoms with E-state index in [9.17, 15) is 14.4 Å². The Bertz CT molecular complexity index is 1480. The van der Waals surface area contributed by atoms with E-state index in [1.807, 2.05) is 37.8 Å². The number of aromatic nitrogens is 1. The number of nitrogens with zero attached hydrogens (tertiary/aromatic N) is 2. The lowest BCUT2D eigenvalue weighted by atomic mass is 10.0. The predicted octanol–water partition coefficient (Wildman–Crippen LogP) is 4.66. The fraction of sp³-hybridized carbons (Fsp3) is 0.300. The predicted molar refractivity (Wildman–Crippen MR) is 154 cm³/mol. The molecule has 1 atom stereocenters. The number of amides is 3. The van der Waals surface area contributed by atoms with E-state index in [2.05, 4.69) is 27.6 Å². The SMILES string of the molecule is Cc1[nH]c(/C=C2\C(=O)Nc3ccc(C(=O)N[C@H](C)c4ccc(Cl)cc4)cc32)c(C)c1C(=O)N1CCN(C)CC1. The summed E-state index contributed by atoms with van der Waals surface area (Å²) in [5.41, 5.74) is 6.03. The lowest BCUT2D eigenvalue weighted by molar-refractivity contribution is -0.110. The Morgan fingerprint density at radius 2 is 1.74 bits per heavy atom. The molecule has 0 spiro atoms. The minimum Gasteiger partial charge on any atom is -0.358 e. The molecule has 5 rings (SSSR count). The number of aromatic amines is 1. The van der Waals surface area contributed by atoms with Crippen LogP contribution in [0.2, 0.25) is 5.02 Å². The van der Waals surface area contributed by atoms with Crippen molar-refractivity contribution in [3.05, 3.63) is 86.7 Å². The van der Waals surface area contributed by atoms with Crippen molar-refractivity contribution in [1.29, 1.82) is 0 Å².